The van der Waals surface area contributed by atoms with Crippen LogP contribution >= 0.6 is 0 Å². The van der Waals surface area contributed by atoms with Gasteiger partial charge in [0.05, 0.1) is 6.61 Å². The third kappa shape index (κ3) is 7.64. The molecule has 0 spiro atoms. The Bertz CT molecular complexity index is 663. The molecule has 0 radical (unpaired) electrons. The highest BCUT2D eigenvalue weighted by Crippen LogP contribution is 2.15. The molecule has 0 bridgehead atoms. The molecule has 0 saturated heterocycles. The van der Waals surface area contributed by atoms with Crippen LogP contribution < -0.4 is 4.74 Å². The van der Waals surface area contributed by atoms with Gasteiger partial charge in [0.25, 0.3) is 11.8 Å². The normalized spacial score (nSPS) is 13.4. The number of carbonyl (C=O) groups is 3. The van der Waals surface area contributed by atoms with E-state index in [1.54, 1.807) is 24.3 Å². The lowest BCUT2D eigenvalue weighted by Crippen LogP contribution is -2.30. The maximum Gasteiger partial charge on any atom is 0.311 e. The molecule has 1 aliphatic rings. The van der Waals surface area contributed by atoms with Crippen LogP contribution in [-0.2, 0) is 21.0 Å². The van der Waals surface area contributed by atoms with E-state index < -0.39 is 0 Å². The lowest BCUT2D eigenvalue weighted by molar-refractivity contribution is -0.137. The molecule has 0 aliphatic carbocycles. The van der Waals surface area contributed by atoms with E-state index in [4.69, 9.17) is 9.84 Å². The molecule has 1 aliphatic heterocycles. The summed E-state index contributed by atoms with van der Waals surface area (Å²) in [6.45, 7) is 0.485. The molecule has 6 nitrogen and oxygen atoms in total. The maximum absolute atomic E-state index is 11.8. The Morgan fingerprint density at radius 3 is 1.93 bits per heavy atom. The summed E-state index contributed by atoms with van der Waals surface area (Å²) >= 11 is 0. The minimum atomic E-state index is -0.225. The van der Waals surface area contributed by atoms with E-state index in [0.717, 1.165) is 56.9 Å². The Hall–Kier alpha value is -2.47. The fourth-order valence-electron chi connectivity index (χ4n) is 3.10. The zero-order valence-corrected chi connectivity index (χ0v) is 16.3. The van der Waals surface area contributed by atoms with Crippen molar-refractivity contribution in [1.29, 1.82) is 0 Å². The van der Waals surface area contributed by atoms with Gasteiger partial charge in [0.2, 0.25) is 0 Å². The second kappa shape index (κ2) is 12.1. The van der Waals surface area contributed by atoms with Crippen LogP contribution in [0, 0.1) is 0 Å². The number of benzene rings is 1. The van der Waals surface area contributed by atoms with Crippen LogP contribution in [0.4, 0.5) is 0 Å². The molecular formula is C22H29NO5. The van der Waals surface area contributed by atoms with Crippen molar-refractivity contribution in [2.75, 3.05) is 6.54 Å². The number of nitrogens with zero attached hydrogens (tertiary/aromatic N) is 1. The fourth-order valence-corrected chi connectivity index (χ4v) is 3.10. The Balaban J connectivity index is 1.41. The summed E-state index contributed by atoms with van der Waals surface area (Å²) in [4.78, 5) is 35.9. The first-order valence-corrected chi connectivity index (χ1v) is 10.0. The van der Waals surface area contributed by atoms with Crippen LogP contribution in [0.2, 0.25) is 0 Å². The average molecular weight is 387 g/mol. The highest BCUT2D eigenvalue weighted by molar-refractivity contribution is 6.12. The van der Waals surface area contributed by atoms with Crippen molar-refractivity contribution >= 4 is 17.8 Å². The van der Waals surface area contributed by atoms with Gasteiger partial charge in [0.1, 0.15) is 5.75 Å². The topological polar surface area (TPSA) is 83.9 Å². The molecule has 6 heteroatoms. The predicted octanol–water partition coefficient (Wildman–Crippen LogP) is 3.52. The molecular weight excluding hydrogens is 358 g/mol. The summed E-state index contributed by atoms with van der Waals surface area (Å²) in [6, 6.07) is 6.85. The molecule has 0 atom stereocenters. The first-order chi connectivity index (χ1) is 13.6. The number of rotatable bonds is 13. The Kier molecular flexibility index (Phi) is 9.42. The Labute approximate surface area is 166 Å². The first-order valence-electron chi connectivity index (χ1n) is 10.0. The quantitative estimate of drug-likeness (QED) is 0.242. The van der Waals surface area contributed by atoms with Crippen LogP contribution in [0.3, 0.4) is 0 Å². The van der Waals surface area contributed by atoms with Crippen LogP contribution in [0.1, 0.15) is 63.4 Å². The monoisotopic (exact) mass is 387 g/mol. The van der Waals surface area contributed by atoms with Crippen molar-refractivity contribution in [3.63, 3.8) is 0 Å². The molecule has 0 fully saturated rings. The highest BCUT2D eigenvalue weighted by Gasteiger charge is 2.21. The van der Waals surface area contributed by atoms with Gasteiger partial charge in [0, 0.05) is 25.1 Å². The van der Waals surface area contributed by atoms with E-state index in [0.29, 0.717) is 18.7 Å². The third-order valence-corrected chi connectivity index (χ3v) is 4.75. The van der Waals surface area contributed by atoms with Gasteiger partial charge in [-0.05, 0) is 30.5 Å². The summed E-state index contributed by atoms with van der Waals surface area (Å²) in [5.74, 6) is -0.121. The zero-order valence-electron chi connectivity index (χ0n) is 16.3. The van der Waals surface area contributed by atoms with Gasteiger partial charge in [0.15, 0.2) is 0 Å². The summed E-state index contributed by atoms with van der Waals surface area (Å²) in [6.07, 6.45) is 11.2. The molecule has 152 valence electrons. The number of imide groups is 1. The lowest BCUT2D eigenvalue weighted by atomic mass is 10.1. The molecule has 1 N–H and O–H groups in total. The van der Waals surface area contributed by atoms with E-state index in [1.165, 1.54) is 17.1 Å². The van der Waals surface area contributed by atoms with Crippen molar-refractivity contribution in [2.45, 2.75) is 64.4 Å². The molecule has 1 heterocycles. The number of carbonyl (C=O) groups excluding carboxylic acids is 3. The molecule has 0 aromatic heterocycles. The predicted molar refractivity (Wildman–Crippen MR) is 105 cm³/mol. The zero-order chi connectivity index (χ0) is 20.2. The highest BCUT2D eigenvalue weighted by atomic mass is 16.5. The SMILES string of the molecule is O=C(CCCCCCCCCCN1C(=O)C=CC1=O)Oc1ccc(CO)cc1. The minimum absolute atomic E-state index is 0.0243. The van der Waals surface area contributed by atoms with E-state index in [-0.39, 0.29) is 24.4 Å². The second-order valence-corrected chi connectivity index (χ2v) is 7.02. The van der Waals surface area contributed by atoms with Crippen molar-refractivity contribution in [3.05, 3.63) is 42.0 Å². The average Bonchev–Trinajstić information content (AvgIpc) is 3.01. The van der Waals surface area contributed by atoms with Gasteiger partial charge in [-0.15, -0.1) is 0 Å². The standard InChI is InChI=1S/C22H29NO5/c24-17-18-10-12-19(13-11-18)28-22(27)9-7-5-3-1-2-4-6-8-16-23-20(25)14-15-21(23)26/h10-15,24H,1-9,16-17H2. The van der Waals surface area contributed by atoms with Crippen molar-refractivity contribution in [3.8, 4) is 5.75 Å². The number of aliphatic hydroxyl groups is 1. The van der Waals surface area contributed by atoms with E-state index in [1.807, 2.05) is 0 Å². The number of hydrogen-bond acceptors (Lipinski definition) is 5. The van der Waals surface area contributed by atoms with Gasteiger partial charge in [-0.1, -0.05) is 50.7 Å². The molecule has 1 aromatic rings. The number of hydrogen-bond donors (Lipinski definition) is 1. The van der Waals surface area contributed by atoms with Crippen LogP contribution in [0.25, 0.3) is 0 Å². The Morgan fingerprint density at radius 1 is 0.821 bits per heavy atom. The molecule has 2 amide bonds. The molecule has 28 heavy (non-hydrogen) atoms. The number of ether oxygens (including phenoxy) is 1. The molecule has 0 unspecified atom stereocenters. The molecule has 1 aromatic carbocycles. The first kappa shape index (κ1) is 21.8. The van der Waals surface area contributed by atoms with Gasteiger partial charge >= 0.3 is 5.97 Å². The second-order valence-electron chi connectivity index (χ2n) is 7.02. The summed E-state index contributed by atoms with van der Waals surface area (Å²) in [7, 11) is 0. The third-order valence-electron chi connectivity index (χ3n) is 4.75. The number of unbranched alkanes of at least 4 members (excludes halogenated alkanes) is 7. The maximum atomic E-state index is 11.8. The molecule has 0 saturated carbocycles. The lowest BCUT2D eigenvalue weighted by Gasteiger charge is -2.12. The Morgan fingerprint density at radius 2 is 1.36 bits per heavy atom. The van der Waals surface area contributed by atoms with E-state index in [9.17, 15) is 14.4 Å². The smallest absolute Gasteiger partial charge is 0.311 e. The van der Waals surface area contributed by atoms with Crippen molar-refractivity contribution < 1.29 is 24.2 Å². The van der Waals surface area contributed by atoms with Gasteiger partial charge in [-0.2, -0.15) is 0 Å². The fraction of sp³-hybridized carbons (Fsp3) is 0.500. The number of esters is 1. The number of amides is 2. The summed E-state index contributed by atoms with van der Waals surface area (Å²) in [5, 5.41) is 8.99. The van der Waals surface area contributed by atoms with Crippen LogP contribution in [-0.4, -0.2) is 34.3 Å². The van der Waals surface area contributed by atoms with Crippen molar-refractivity contribution in [1.82, 2.24) is 4.90 Å². The largest absolute Gasteiger partial charge is 0.427 e. The van der Waals surface area contributed by atoms with E-state index in [2.05, 4.69) is 0 Å². The minimum Gasteiger partial charge on any atom is -0.427 e. The number of aliphatic hydroxyl groups excluding tert-OH is 1. The van der Waals surface area contributed by atoms with Crippen LogP contribution in [0.15, 0.2) is 36.4 Å². The summed E-state index contributed by atoms with van der Waals surface area (Å²) < 4.78 is 5.27. The van der Waals surface area contributed by atoms with Crippen LogP contribution in [0.5, 0.6) is 5.75 Å². The van der Waals surface area contributed by atoms with Gasteiger partial charge in [-0.25, -0.2) is 0 Å². The van der Waals surface area contributed by atoms with E-state index >= 15 is 0 Å². The molecule has 2 rings (SSSR count). The van der Waals surface area contributed by atoms with Gasteiger partial charge in [-0.3, -0.25) is 19.3 Å². The van der Waals surface area contributed by atoms with Gasteiger partial charge < -0.3 is 9.84 Å². The summed E-state index contributed by atoms with van der Waals surface area (Å²) in [5.41, 5.74) is 0.787. The van der Waals surface area contributed by atoms with Crippen molar-refractivity contribution in [2.24, 2.45) is 0 Å².